The minimum absolute atomic E-state index is 0.0694. The van der Waals surface area contributed by atoms with Crippen molar-refractivity contribution in [2.45, 2.75) is 56.4 Å². The largest absolute Gasteiger partial charge is 0.497 e. The molecule has 2 aliphatic rings. The minimum Gasteiger partial charge on any atom is -0.497 e. The highest BCUT2D eigenvalue weighted by Gasteiger charge is 2.32. The van der Waals surface area contributed by atoms with E-state index < -0.39 is 22.0 Å². The second kappa shape index (κ2) is 11.7. The van der Waals surface area contributed by atoms with Crippen LogP contribution in [0.1, 0.15) is 75.4 Å². The first-order valence-electron chi connectivity index (χ1n) is 13.4. The molecule has 0 radical (unpaired) electrons. The average molecular weight is 584 g/mol. The highest BCUT2D eigenvalue weighted by atomic mass is 32.2. The summed E-state index contributed by atoms with van der Waals surface area (Å²) in [6, 6.07) is 11.3. The standard InChI is InChI=1S/C29H33N3O6S2/c1-18(33)22-14-9-19(17-25(22)40(36,37)32-15-5-6-16-32)27(34)31-29-26(23-7-3-4-8-24(23)39-29)28(35)30-20-10-12-21(38-2)13-11-20/h9-14,17-18,33H,3-8,15-16H2,1-2H3,(H,30,35)(H,31,34). The van der Waals surface area contributed by atoms with Gasteiger partial charge in [-0.15, -0.1) is 11.3 Å². The Morgan fingerprint density at radius 2 is 1.68 bits per heavy atom. The predicted molar refractivity (Wildman–Crippen MR) is 155 cm³/mol. The first-order chi connectivity index (χ1) is 19.2. The van der Waals surface area contributed by atoms with Gasteiger partial charge in [0.1, 0.15) is 10.8 Å². The molecule has 0 saturated carbocycles. The number of hydrogen-bond acceptors (Lipinski definition) is 7. The van der Waals surface area contributed by atoms with Gasteiger partial charge in [-0.1, -0.05) is 6.07 Å². The molecule has 212 valence electrons. The number of rotatable bonds is 8. The fourth-order valence-corrected chi connectivity index (χ4v) is 8.36. The van der Waals surface area contributed by atoms with Gasteiger partial charge in [-0.2, -0.15) is 4.31 Å². The maximum Gasteiger partial charge on any atom is 0.258 e. The van der Waals surface area contributed by atoms with Gasteiger partial charge in [0.25, 0.3) is 11.8 Å². The number of aryl methyl sites for hydroxylation is 1. The highest BCUT2D eigenvalue weighted by Crippen LogP contribution is 2.39. The normalized spacial score (nSPS) is 16.3. The van der Waals surface area contributed by atoms with Crippen LogP contribution in [0.4, 0.5) is 10.7 Å². The van der Waals surface area contributed by atoms with E-state index in [1.165, 1.54) is 40.8 Å². The maximum absolute atomic E-state index is 13.5. The molecule has 0 bridgehead atoms. The number of nitrogens with zero attached hydrogens (tertiary/aromatic N) is 1. The molecule has 1 aliphatic heterocycles. The first kappa shape index (κ1) is 28.3. The summed E-state index contributed by atoms with van der Waals surface area (Å²) in [6.07, 6.45) is 4.06. The van der Waals surface area contributed by atoms with Crippen molar-refractivity contribution in [2.24, 2.45) is 0 Å². The Balaban J connectivity index is 1.46. The number of amides is 2. The number of anilines is 2. The number of carbonyl (C=O) groups excluding carboxylic acids is 2. The summed E-state index contributed by atoms with van der Waals surface area (Å²) in [5.74, 6) is -0.166. The van der Waals surface area contributed by atoms with Gasteiger partial charge in [0.15, 0.2) is 0 Å². The molecule has 3 aromatic rings. The molecule has 2 heterocycles. The number of aliphatic hydroxyl groups is 1. The topological polar surface area (TPSA) is 125 Å². The molecule has 40 heavy (non-hydrogen) atoms. The Hall–Kier alpha value is -3.25. The number of fused-ring (bicyclic) bond motifs is 1. The van der Waals surface area contributed by atoms with E-state index in [0.29, 0.717) is 35.1 Å². The number of methoxy groups -OCH3 is 1. The molecule has 1 unspecified atom stereocenters. The average Bonchev–Trinajstić information content (AvgIpc) is 3.62. The zero-order valence-corrected chi connectivity index (χ0v) is 24.2. The number of aliphatic hydroxyl groups excluding tert-OH is 1. The molecule has 1 atom stereocenters. The number of carbonyl (C=O) groups is 2. The number of thiophene rings is 1. The minimum atomic E-state index is -3.88. The second-order valence-electron chi connectivity index (χ2n) is 10.1. The molecule has 1 aromatic heterocycles. The summed E-state index contributed by atoms with van der Waals surface area (Å²) >= 11 is 1.39. The Morgan fingerprint density at radius 1 is 0.975 bits per heavy atom. The number of hydrogen-bond donors (Lipinski definition) is 3. The van der Waals surface area contributed by atoms with E-state index >= 15 is 0 Å². The highest BCUT2D eigenvalue weighted by molar-refractivity contribution is 7.89. The van der Waals surface area contributed by atoms with Crippen molar-refractivity contribution in [3.05, 3.63) is 69.6 Å². The third-order valence-electron chi connectivity index (χ3n) is 7.38. The molecule has 1 aliphatic carbocycles. The lowest BCUT2D eigenvalue weighted by atomic mass is 9.95. The molecule has 5 rings (SSSR count). The smallest absolute Gasteiger partial charge is 0.258 e. The van der Waals surface area contributed by atoms with Crippen LogP contribution in [0.15, 0.2) is 47.4 Å². The molecule has 1 saturated heterocycles. The monoisotopic (exact) mass is 583 g/mol. The number of ether oxygens (including phenoxy) is 1. The second-order valence-corrected chi connectivity index (χ2v) is 13.1. The molecular formula is C29H33N3O6S2. The summed E-state index contributed by atoms with van der Waals surface area (Å²) in [4.78, 5) is 28.0. The van der Waals surface area contributed by atoms with Crippen LogP contribution in [-0.4, -0.2) is 49.8 Å². The fourth-order valence-electron chi connectivity index (χ4n) is 5.25. The van der Waals surface area contributed by atoms with E-state index in [1.807, 2.05) is 0 Å². The molecule has 2 aromatic carbocycles. The summed E-state index contributed by atoms with van der Waals surface area (Å²) < 4.78 is 33.4. The molecular weight excluding hydrogens is 550 g/mol. The van der Waals surface area contributed by atoms with Crippen molar-refractivity contribution in [2.75, 3.05) is 30.8 Å². The van der Waals surface area contributed by atoms with Crippen molar-refractivity contribution in [3.8, 4) is 5.75 Å². The van der Waals surface area contributed by atoms with Gasteiger partial charge in [0.2, 0.25) is 10.0 Å². The first-order valence-corrected chi connectivity index (χ1v) is 15.7. The van der Waals surface area contributed by atoms with Gasteiger partial charge < -0.3 is 20.5 Å². The lowest BCUT2D eigenvalue weighted by Gasteiger charge is -2.20. The summed E-state index contributed by atoms with van der Waals surface area (Å²) in [5, 5.41) is 16.5. The van der Waals surface area contributed by atoms with Gasteiger partial charge in [0, 0.05) is 34.8 Å². The van der Waals surface area contributed by atoms with Gasteiger partial charge in [-0.05, 0) is 87.4 Å². The lowest BCUT2D eigenvalue weighted by Crippen LogP contribution is -2.29. The van der Waals surface area contributed by atoms with Gasteiger partial charge in [0.05, 0.1) is 23.7 Å². The van der Waals surface area contributed by atoms with Crippen LogP contribution in [-0.2, 0) is 22.9 Å². The number of benzene rings is 2. The quantitative estimate of drug-likeness (QED) is 0.344. The number of sulfonamides is 1. The zero-order valence-electron chi connectivity index (χ0n) is 22.5. The van der Waals surface area contributed by atoms with E-state index in [2.05, 4.69) is 10.6 Å². The van der Waals surface area contributed by atoms with E-state index in [-0.39, 0.29) is 21.9 Å². The van der Waals surface area contributed by atoms with Crippen LogP contribution in [0.5, 0.6) is 5.75 Å². The van der Waals surface area contributed by atoms with Gasteiger partial charge in [-0.25, -0.2) is 8.42 Å². The van der Waals surface area contributed by atoms with Crippen molar-refractivity contribution in [1.82, 2.24) is 4.31 Å². The van der Waals surface area contributed by atoms with E-state index in [4.69, 9.17) is 4.74 Å². The van der Waals surface area contributed by atoms with Crippen LogP contribution < -0.4 is 15.4 Å². The summed E-state index contributed by atoms with van der Waals surface area (Å²) in [6.45, 7) is 2.32. The SMILES string of the molecule is COc1ccc(NC(=O)c2c(NC(=O)c3ccc(C(C)O)c(S(=O)(=O)N4CCCC4)c3)sc3c2CCCC3)cc1. The van der Waals surface area contributed by atoms with E-state index in [0.717, 1.165) is 49.0 Å². The Kier molecular flexibility index (Phi) is 8.27. The van der Waals surface area contributed by atoms with Crippen LogP contribution >= 0.6 is 11.3 Å². The van der Waals surface area contributed by atoms with Gasteiger partial charge in [-0.3, -0.25) is 9.59 Å². The summed E-state index contributed by atoms with van der Waals surface area (Å²) in [5.41, 5.74) is 2.36. The maximum atomic E-state index is 13.5. The zero-order chi connectivity index (χ0) is 28.4. The third-order valence-corrected chi connectivity index (χ3v) is 10.5. The molecule has 11 heteroatoms. The molecule has 3 N–H and O–H groups in total. The Labute approximate surface area is 238 Å². The Bertz CT molecular complexity index is 1520. The predicted octanol–water partition coefficient (Wildman–Crippen LogP) is 4.98. The van der Waals surface area contributed by atoms with Crippen molar-refractivity contribution in [1.29, 1.82) is 0 Å². The van der Waals surface area contributed by atoms with E-state index in [1.54, 1.807) is 31.4 Å². The summed E-state index contributed by atoms with van der Waals surface area (Å²) in [7, 11) is -2.31. The van der Waals surface area contributed by atoms with E-state index in [9.17, 15) is 23.1 Å². The van der Waals surface area contributed by atoms with Crippen LogP contribution in [0.3, 0.4) is 0 Å². The Morgan fingerprint density at radius 3 is 2.35 bits per heavy atom. The van der Waals surface area contributed by atoms with Crippen molar-refractivity contribution >= 4 is 43.9 Å². The van der Waals surface area contributed by atoms with Crippen LogP contribution in [0.2, 0.25) is 0 Å². The molecule has 2 amide bonds. The van der Waals surface area contributed by atoms with Crippen molar-refractivity contribution < 1.29 is 27.9 Å². The number of nitrogens with one attached hydrogen (secondary N) is 2. The third kappa shape index (κ3) is 5.64. The molecule has 1 fully saturated rings. The lowest BCUT2D eigenvalue weighted by molar-refractivity contribution is 0.102. The van der Waals surface area contributed by atoms with Crippen LogP contribution in [0, 0.1) is 0 Å². The van der Waals surface area contributed by atoms with Crippen molar-refractivity contribution in [3.63, 3.8) is 0 Å². The molecule has 9 nitrogen and oxygen atoms in total. The fraction of sp³-hybridized carbons (Fsp3) is 0.379. The van der Waals surface area contributed by atoms with Crippen LogP contribution in [0.25, 0.3) is 0 Å². The molecule has 0 spiro atoms. The van der Waals surface area contributed by atoms with Gasteiger partial charge >= 0.3 is 0 Å².